The van der Waals surface area contributed by atoms with Crippen molar-refractivity contribution in [3.8, 4) is 22.4 Å². The summed E-state index contributed by atoms with van der Waals surface area (Å²) in [6.45, 7) is 6.67. The van der Waals surface area contributed by atoms with Crippen LogP contribution in [0.3, 0.4) is 0 Å². The second kappa shape index (κ2) is 10.8. The molecule has 8 rings (SSSR count). The van der Waals surface area contributed by atoms with Crippen molar-refractivity contribution < 1.29 is 9.53 Å². The number of imidazole rings is 1. The lowest BCUT2D eigenvalue weighted by molar-refractivity contribution is 0.0241. The van der Waals surface area contributed by atoms with Gasteiger partial charge in [-0.3, -0.25) is 0 Å². The van der Waals surface area contributed by atoms with Crippen LogP contribution in [0.25, 0.3) is 38.7 Å². The highest BCUT2D eigenvalue weighted by atomic mass is 16.6. The van der Waals surface area contributed by atoms with Gasteiger partial charge in [0.15, 0.2) is 0 Å². The highest BCUT2D eigenvalue weighted by Crippen LogP contribution is 2.57. The van der Waals surface area contributed by atoms with Crippen LogP contribution < -0.4 is 0 Å². The Morgan fingerprint density at radius 2 is 1.56 bits per heavy atom. The van der Waals surface area contributed by atoms with E-state index in [2.05, 4.69) is 77.8 Å². The summed E-state index contributed by atoms with van der Waals surface area (Å²) in [5.74, 6) is 1.74. The quantitative estimate of drug-likeness (QED) is 0.249. The first kappa shape index (κ1) is 28.4. The number of likely N-dealkylation sites (tertiary alicyclic amines) is 1. The van der Waals surface area contributed by atoms with Crippen LogP contribution in [0.15, 0.2) is 84.6 Å². The summed E-state index contributed by atoms with van der Waals surface area (Å²) in [5, 5.41) is 2.47. The predicted molar refractivity (Wildman–Crippen MR) is 182 cm³/mol. The first-order chi connectivity index (χ1) is 21.7. The lowest BCUT2D eigenvalue weighted by atomic mass is 9.93. The molecule has 2 saturated carbocycles. The molecule has 230 valence electrons. The molecule has 1 N–H and O–H groups in total. The molecule has 1 saturated heterocycles. The van der Waals surface area contributed by atoms with Gasteiger partial charge in [0.2, 0.25) is 0 Å². The van der Waals surface area contributed by atoms with Crippen LogP contribution >= 0.6 is 0 Å². The van der Waals surface area contributed by atoms with Gasteiger partial charge in [-0.25, -0.2) is 9.78 Å². The molecular weight excluding hydrogens is 554 g/mol. The van der Waals surface area contributed by atoms with Crippen LogP contribution in [0.5, 0.6) is 0 Å². The summed E-state index contributed by atoms with van der Waals surface area (Å²) in [7, 11) is 0. The van der Waals surface area contributed by atoms with E-state index in [4.69, 9.17) is 9.72 Å². The smallest absolute Gasteiger partial charge is 0.410 e. The Morgan fingerprint density at radius 1 is 0.889 bits per heavy atom. The Labute approximate surface area is 266 Å². The number of amides is 1. The number of fused-ring (bicyclic) bond motifs is 1. The molecule has 1 amide bonds. The molecule has 4 aliphatic rings. The van der Waals surface area contributed by atoms with Crippen molar-refractivity contribution in [2.24, 2.45) is 5.41 Å². The molecule has 3 aliphatic carbocycles. The van der Waals surface area contributed by atoms with Crippen molar-refractivity contribution in [1.29, 1.82) is 0 Å². The van der Waals surface area contributed by atoms with E-state index in [0.29, 0.717) is 11.3 Å². The number of hydrogen-bond acceptors (Lipinski definition) is 3. The highest BCUT2D eigenvalue weighted by molar-refractivity contribution is 5.90. The monoisotopic (exact) mass is 597 g/mol. The summed E-state index contributed by atoms with van der Waals surface area (Å²) in [5.41, 5.74) is 8.46. The van der Waals surface area contributed by atoms with Gasteiger partial charge in [-0.05, 0) is 115 Å². The lowest BCUT2D eigenvalue weighted by Crippen LogP contribution is -2.40. The van der Waals surface area contributed by atoms with E-state index in [-0.39, 0.29) is 12.1 Å². The Hall–Kier alpha value is -4.12. The fourth-order valence-corrected chi connectivity index (χ4v) is 7.77. The van der Waals surface area contributed by atoms with Gasteiger partial charge in [0.05, 0.1) is 17.9 Å². The van der Waals surface area contributed by atoms with E-state index in [1.54, 1.807) is 0 Å². The van der Waals surface area contributed by atoms with Crippen LogP contribution in [-0.4, -0.2) is 39.1 Å². The highest BCUT2D eigenvalue weighted by Gasteiger charge is 2.54. The number of nitrogens with one attached hydrogen (secondary N) is 1. The van der Waals surface area contributed by atoms with Crippen molar-refractivity contribution in [3.05, 3.63) is 96.0 Å². The molecule has 0 bridgehead atoms. The van der Waals surface area contributed by atoms with Crippen LogP contribution in [0.1, 0.15) is 89.4 Å². The molecule has 1 atom stereocenters. The van der Waals surface area contributed by atoms with E-state index < -0.39 is 5.60 Å². The van der Waals surface area contributed by atoms with Crippen LogP contribution in [-0.2, 0) is 4.74 Å². The molecule has 1 aromatic heterocycles. The van der Waals surface area contributed by atoms with E-state index >= 15 is 0 Å². The number of nitrogens with zero attached hydrogens (tertiary/aromatic N) is 2. The molecule has 0 radical (unpaired) electrons. The van der Waals surface area contributed by atoms with Gasteiger partial charge in [0.1, 0.15) is 11.4 Å². The number of benzene rings is 3. The Kier molecular flexibility index (Phi) is 6.78. The SMILES string of the molecule is CC(C)(C)OC(=O)N1CC2(CC2)C[C@H]1C1=CC=C(c2ccc(-c3ccc4cc(-c5cnc(C6CCCC6)[nH]5)ccc4c3)cc2)C1. The maximum Gasteiger partial charge on any atom is 0.410 e. The molecule has 3 aromatic carbocycles. The van der Waals surface area contributed by atoms with Gasteiger partial charge in [-0.2, -0.15) is 0 Å². The Bertz CT molecular complexity index is 1830. The molecule has 2 heterocycles. The second-order valence-electron chi connectivity index (χ2n) is 15.0. The maximum absolute atomic E-state index is 13.1. The fourth-order valence-electron chi connectivity index (χ4n) is 7.77. The first-order valence-electron chi connectivity index (χ1n) is 16.8. The fraction of sp³-hybridized carbons (Fsp3) is 0.400. The summed E-state index contributed by atoms with van der Waals surface area (Å²) >= 11 is 0. The summed E-state index contributed by atoms with van der Waals surface area (Å²) < 4.78 is 5.81. The van der Waals surface area contributed by atoms with E-state index in [9.17, 15) is 4.79 Å². The zero-order valence-corrected chi connectivity index (χ0v) is 26.7. The molecule has 5 nitrogen and oxygen atoms in total. The molecule has 1 spiro atoms. The average Bonchev–Trinajstić information content (AvgIpc) is 3.59. The van der Waals surface area contributed by atoms with Crippen molar-refractivity contribution in [2.45, 2.75) is 89.7 Å². The third kappa shape index (κ3) is 5.62. The number of H-pyrrole nitrogens is 1. The number of carbonyl (C=O) groups excluding carboxylic acids is 1. The zero-order valence-electron chi connectivity index (χ0n) is 26.7. The van der Waals surface area contributed by atoms with Crippen LogP contribution in [0.4, 0.5) is 4.79 Å². The summed E-state index contributed by atoms with van der Waals surface area (Å²) in [6, 6.07) is 22.5. The number of aromatic nitrogens is 2. The standard InChI is InChI=1S/C40H43N3O2/c1-39(2,3)45-38(44)43-25-40(18-19-40)23-36(43)34-17-15-30(22-34)27-10-8-26(9-11-27)29-12-13-32-21-33(16-14-31(32)20-29)35-24-41-37(42-35)28-6-4-5-7-28/h8-17,20-21,24,28,36H,4-7,18-19,22-23,25H2,1-3H3,(H,41,42)/t36-/m0/s1. The number of aromatic amines is 1. The Morgan fingerprint density at radius 3 is 2.27 bits per heavy atom. The van der Waals surface area contributed by atoms with Crippen LogP contribution in [0, 0.1) is 5.41 Å². The topological polar surface area (TPSA) is 58.2 Å². The van der Waals surface area contributed by atoms with Crippen molar-refractivity contribution in [2.75, 3.05) is 6.54 Å². The molecule has 1 aliphatic heterocycles. The van der Waals surface area contributed by atoms with Gasteiger partial charge in [-0.1, -0.05) is 73.5 Å². The predicted octanol–water partition coefficient (Wildman–Crippen LogP) is 10.1. The third-order valence-electron chi connectivity index (χ3n) is 10.5. The maximum atomic E-state index is 13.1. The van der Waals surface area contributed by atoms with Gasteiger partial charge in [0, 0.05) is 18.0 Å². The molecule has 0 unspecified atom stereocenters. The van der Waals surface area contributed by atoms with E-state index in [1.165, 1.54) is 82.7 Å². The van der Waals surface area contributed by atoms with Gasteiger partial charge in [0.25, 0.3) is 0 Å². The van der Waals surface area contributed by atoms with Crippen molar-refractivity contribution in [3.63, 3.8) is 0 Å². The number of ether oxygens (including phenoxy) is 1. The van der Waals surface area contributed by atoms with Gasteiger partial charge >= 0.3 is 6.09 Å². The zero-order chi connectivity index (χ0) is 30.8. The minimum atomic E-state index is -0.483. The normalized spacial score (nSPS) is 21.0. The minimum absolute atomic E-state index is 0.135. The molecular formula is C40H43N3O2. The largest absolute Gasteiger partial charge is 0.444 e. The minimum Gasteiger partial charge on any atom is -0.444 e. The van der Waals surface area contributed by atoms with Crippen LogP contribution in [0.2, 0.25) is 0 Å². The lowest BCUT2D eigenvalue weighted by Gasteiger charge is -2.29. The van der Waals surface area contributed by atoms with Gasteiger partial charge < -0.3 is 14.6 Å². The number of allylic oxidation sites excluding steroid dienone is 3. The molecule has 5 heteroatoms. The average molecular weight is 598 g/mol. The molecule has 3 fully saturated rings. The first-order valence-corrected chi connectivity index (χ1v) is 16.8. The molecule has 45 heavy (non-hydrogen) atoms. The summed E-state index contributed by atoms with van der Waals surface area (Å²) in [4.78, 5) is 23.5. The molecule has 4 aromatic rings. The van der Waals surface area contributed by atoms with Crippen molar-refractivity contribution >= 4 is 22.4 Å². The van der Waals surface area contributed by atoms with Crippen molar-refractivity contribution in [1.82, 2.24) is 14.9 Å². The Balaban J connectivity index is 0.949. The second-order valence-corrected chi connectivity index (χ2v) is 15.0. The third-order valence-corrected chi connectivity index (χ3v) is 10.5. The van der Waals surface area contributed by atoms with Gasteiger partial charge in [-0.15, -0.1) is 0 Å². The number of hydrogen-bond donors (Lipinski definition) is 1. The number of rotatable bonds is 5. The number of carbonyl (C=O) groups is 1. The van der Waals surface area contributed by atoms with E-state index in [0.717, 1.165) is 30.9 Å². The van der Waals surface area contributed by atoms with E-state index in [1.807, 2.05) is 31.9 Å². The summed E-state index contributed by atoms with van der Waals surface area (Å²) in [6.07, 6.45) is 15.8.